The zero-order chi connectivity index (χ0) is 12.1. The summed E-state index contributed by atoms with van der Waals surface area (Å²) in [6, 6.07) is 0. The van der Waals surface area contributed by atoms with Gasteiger partial charge in [0.1, 0.15) is 0 Å². The van der Waals surface area contributed by atoms with Crippen LogP contribution in [0.25, 0.3) is 0 Å². The molecule has 0 radical (unpaired) electrons. The average molecular weight is 268 g/mol. The molecule has 14 heavy (non-hydrogen) atoms. The van der Waals surface area contributed by atoms with Crippen molar-refractivity contribution < 1.29 is 70.8 Å². The number of rotatable bonds is 0. The number of hydrogen-bond donors (Lipinski definition) is 7. The minimum atomic E-state index is -4.92. The maximum atomic E-state index is 8.67. The summed E-state index contributed by atoms with van der Waals surface area (Å²) in [5.41, 5.74) is 0. The molecule has 0 aliphatic rings. The van der Waals surface area contributed by atoms with Crippen molar-refractivity contribution in [2.24, 2.45) is 11.8 Å². The molecular weight excluding hydrogens is 259 g/mol. The molecule has 0 saturated heterocycles. The Morgan fingerprint density at radius 2 is 1.07 bits per heavy atom. The minimum Gasteiger partial charge on any atom is -0.726 e. The molecule has 0 saturated carbocycles. The van der Waals surface area contributed by atoms with E-state index in [0.717, 1.165) is 0 Å². The van der Waals surface area contributed by atoms with Crippen LogP contribution < -0.4 is 41.4 Å². The second-order valence-corrected chi connectivity index (χ2v) is 1.98. The fourth-order valence-electron chi connectivity index (χ4n) is 0. The SMILES string of the molecule is NO.NO.O=S(=O)([O-])O.O=S(O)O.[Na+]. The van der Waals surface area contributed by atoms with Gasteiger partial charge in [-0.05, 0) is 0 Å². The van der Waals surface area contributed by atoms with E-state index in [2.05, 4.69) is 11.8 Å². The van der Waals surface area contributed by atoms with Crippen LogP contribution in [0, 0.1) is 0 Å². The molecule has 11 nitrogen and oxygen atoms in total. The van der Waals surface area contributed by atoms with E-state index in [1.807, 2.05) is 0 Å². The zero-order valence-electron chi connectivity index (χ0n) is 6.84. The summed E-state index contributed by atoms with van der Waals surface area (Å²) in [7, 11) is -4.92. The largest absolute Gasteiger partial charge is 1.00 e. The molecule has 86 valence electrons. The molecule has 14 heteroatoms. The van der Waals surface area contributed by atoms with Gasteiger partial charge >= 0.3 is 29.6 Å². The van der Waals surface area contributed by atoms with Crippen molar-refractivity contribution in [2.45, 2.75) is 0 Å². The molecule has 0 aromatic rings. The van der Waals surface area contributed by atoms with Crippen LogP contribution in [0.1, 0.15) is 0 Å². The predicted molar refractivity (Wildman–Crippen MR) is 37.7 cm³/mol. The maximum absolute atomic E-state index is 8.67. The van der Waals surface area contributed by atoms with Crippen molar-refractivity contribution in [2.75, 3.05) is 0 Å². The summed E-state index contributed by atoms with van der Waals surface area (Å²) >= 11 is -2.61. The first-order chi connectivity index (χ1) is 5.73. The third kappa shape index (κ3) is 2910. The van der Waals surface area contributed by atoms with Gasteiger partial charge in [0, 0.05) is 0 Å². The summed E-state index contributed by atoms with van der Waals surface area (Å²) in [5, 5.41) is 13.0. The van der Waals surface area contributed by atoms with Gasteiger partial charge in [0.25, 0.3) is 11.4 Å². The molecule has 0 spiro atoms. The van der Waals surface area contributed by atoms with Gasteiger partial charge in [-0.3, -0.25) is 13.7 Å². The molecule has 0 amide bonds. The van der Waals surface area contributed by atoms with Gasteiger partial charge in [0.2, 0.25) is 10.4 Å². The van der Waals surface area contributed by atoms with Gasteiger partial charge in [0.15, 0.2) is 0 Å². The summed E-state index contributed by atoms with van der Waals surface area (Å²) in [5.74, 6) is 7.00. The Labute approximate surface area is 104 Å². The molecular formula is H9N2NaO9S2. The fourth-order valence-corrected chi connectivity index (χ4v) is 0. The van der Waals surface area contributed by atoms with Gasteiger partial charge in [0.05, 0.1) is 0 Å². The molecule has 0 heterocycles. The Balaban J connectivity index is -0.0000000273. The van der Waals surface area contributed by atoms with E-state index in [0.29, 0.717) is 0 Å². The molecule has 0 aromatic carbocycles. The van der Waals surface area contributed by atoms with E-state index in [1.54, 1.807) is 0 Å². The molecule has 0 unspecified atom stereocenters. The molecule has 0 aliphatic carbocycles. The normalized spacial score (nSPS) is 7.50. The first kappa shape index (κ1) is 29.3. The second-order valence-electron chi connectivity index (χ2n) is 0.658. The number of nitrogens with two attached hydrogens (primary N) is 2. The Kier molecular flexibility index (Phi) is 49.3. The van der Waals surface area contributed by atoms with Crippen molar-refractivity contribution in [3.05, 3.63) is 0 Å². The molecule has 0 rings (SSSR count). The van der Waals surface area contributed by atoms with E-state index in [1.165, 1.54) is 0 Å². The molecule has 9 N–H and O–H groups in total. The van der Waals surface area contributed by atoms with Crippen LogP contribution in [0.15, 0.2) is 0 Å². The summed E-state index contributed by atoms with van der Waals surface area (Å²) in [6.07, 6.45) is 0. The predicted octanol–water partition coefficient (Wildman–Crippen LogP) is -5.64. The monoisotopic (exact) mass is 268 g/mol. The quantitative estimate of drug-likeness (QED) is 0.0719. The molecule has 0 atom stereocenters. The Morgan fingerprint density at radius 3 is 1.07 bits per heavy atom. The van der Waals surface area contributed by atoms with E-state index >= 15 is 0 Å². The van der Waals surface area contributed by atoms with Crippen LogP contribution in [0.4, 0.5) is 0 Å². The van der Waals surface area contributed by atoms with E-state index in [4.69, 9.17) is 41.3 Å². The molecule has 0 bridgehead atoms. The van der Waals surface area contributed by atoms with Crippen molar-refractivity contribution >= 4 is 21.8 Å². The van der Waals surface area contributed by atoms with E-state index in [-0.39, 0.29) is 29.6 Å². The van der Waals surface area contributed by atoms with Crippen LogP contribution in [-0.4, -0.2) is 41.3 Å². The van der Waals surface area contributed by atoms with Crippen LogP contribution >= 0.6 is 0 Å². The van der Waals surface area contributed by atoms with E-state index in [9.17, 15) is 0 Å². The molecule has 0 fully saturated rings. The topological polar surface area (TPSA) is 227 Å². The third-order valence-electron chi connectivity index (χ3n) is 0. The van der Waals surface area contributed by atoms with Gasteiger partial charge < -0.3 is 15.0 Å². The van der Waals surface area contributed by atoms with Crippen LogP contribution in [0.3, 0.4) is 0 Å². The van der Waals surface area contributed by atoms with Gasteiger partial charge in [-0.25, -0.2) is 20.2 Å². The fraction of sp³-hybridized carbons (Fsp3) is 0. The average Bonchev–Trinajstić information content (AvgIpc) is 1.90. The van der Waals surface area contributed by atoms with Crippen molar-refractivity contribution in [1.29, 1.82) is 0 Å². The Bertz CT molecular complexity index is 163. The zero-order valence-corrected chi connectivity index (χ0v) is 10.5. The van der Waals surface area contributed by atoms with Gasteiger partial charge in [-0.1, -0.05) is 0 Å². The summed E-state index contributed by atoms with van der Waals surface area (Å²) < 4.78 is 55.7. The first-order valence-corrected chi connectivity index (χ1v) is 4.16. The Hall–Kier alpha value is 0.780. The first-order valence-electron chi connectivity index (χ1n) is 1.73. The van der Waals surface area contributed by atoms with Crippen molar-refractivity contribution in [3.8, 4) is 0 Å². The van der Waals surface area contributed by atoms with Crippen LogP contribution in [-0.2, 0) is 21.8 Å². The molecule has 0 aromatic heterocycles. The van der Waals surface area contributed by atoms with Gasteiger partial charge in [-0.15, -0.1) is 0 Å². The van der Waals surface area contributed by atoms with Crippen molar-refractivity contribution in [3.63, 3.8) is 0 Å². The standard InChI is InChI=1S/2H3NO.Na.H2O4S.H2O3S/c2*1-2;;1-5(2,3)4;1-4(2)3/h2*2H,1H2;;(H2,1,2,3,4);(H2,1,2,3)/q;;+1;;/p-1. The van der Waals surface area contributed by atoms with Crippen molar-refractivity contribution in [1.82, 2.24) is 0 Å². The van der Waals surface area contributed by atoms with Crippen LogP contribution in [0.5, 0.6) is 0 Å². The molecule has 0 aliphatic heterocycles. The summed E-state index contributed by atoms with van der Waals surface area (Å²) in [4.78, 5) is 0. The maximum Gasteiger partial charge on any atom is 1.00 e. The minimum absolute atomic E-state index is 0. The van der Waals surface area contributed by atoms with Crippen LogP contribution in [0.2, 0.25) is 0 Å². The third-order valence-corrected chi connectivity index (χ3v) is 0. The Morgan fingerprint density at radius 1 is 1.07 bits per heavy atom. The summed E-state index contributed by atoms with van der Waals surface area (Å²) in [6.45, 7) is 0. The second kappa shape index (κ2) is 23.5. The van der Waals surface area contributed by atoms with E-state index < -0.39 is 21.8 Å². The number of hydrogen-bond acceptors (Lipinski definition) is 8. The van der Waals surface area contributed by atoms with Gasteiger partial charge in [-0.2, -0.15) is 4.21 Å². The smallest absolute Gasteiger partial charge is 0.726 e.